The van der Waals surface area contributed by atoms with Crippen LogP contribution in [0.5, 0.6) is 0 Å². The predicted molar refractivity (Wildman–Crippen MR) is 119 cm³/mol. The largest absolute Gasteiger partial charge is 0.380 e. The van der Waals surface area contributed by atoms with Crippen LogP contribution in [-0.4, -0.2) is 10.1 Å². The number of aliphatic hydroxyl groups is 1. The summed E-state index contributed by atoms with van der Waals surface area (Å²) in [6.07, 6.45) is 5.50. The maximum atomic E-state index is 11.8. The van der Waals surface area contributed by atoms with Gasteiger partial charge in [-0.1, -0.05) is 74.8 Å². The number of hydrogen-bond donors (Lipinski definition) is 2. The van der Waals surface area contributed by atoms with E-state index < -0.39 is 11.0 Å². The van der Waals surface area contributed by atoms with E-state index in [0.717, 1.165) is 29.5 Å². The van der Waals surface area contributed by atoms with Crippen molar-refractivity contribution in [2.45, 2.75) is 44.8 Å². The molecule has 3 N–H and O–H groups in total. The summed E-state index contributed by atoms with van der Waals surface area (Å²) < 4.78 is 0. The third-order valence-corrected chi connectivity index (χ3v) is 6.42. The summed E-state index contributed by atoms with van der Waals surface area (Å²) in [7, 11) is 0. The molecule has 1 unspecified atom stereocenters. The number of hydrogen-bond acceptors (Lipinski definition) is 3. The smallest absolute Gasteiger partial charge is 0.122 e. The lowest BCUT2D eigenvalue weighted by Crippen LogP contribution is -2.41. The van der Waals surface area contributed by atoms with Crippen LogP contribution in [0.3, 0.4) is 0 Å². The van der Waals surface area contributed by atoms with E-state index in [4.69, 9.17) is 17.3 Å². The molecule has 4 heteroatoms. The Kier molecular flexibility index (Phi) is 4.81. The second-order valence-electron chi connectivity index (χ2n) is 9.13. The number of benzene rings is 2. The van der Waals surface area contributed by atoms with E-state index in [1.165, 1.54) is 5.56 Å². The van der Waals surface area contributed by atoms with Gasteiger partial charge in [-0.3, -0.25) is 4.98 Å². The molecule has 4 rings (SSSR count). The fraction of sp³-hybridized carbons (Fsp3) is 0.320. The number of rotatable bonds is 4. The van der Waals surface area contributed by atoms with Crippen molar-refractivity contribution in [1.82, 2.24) is 4.98 Å². The molecule has 1 atom stereocenters. The topological polar surface area (TPSA) is 59.1 Å². The van der Waals surface area contributed by atoms with E-state index in [2.05, 4.69) is 29.2 Å². The van der Waals surface area contributed by atoms with E-state index >= 15 is 0 Å². The van der Waals surface area contributed by atoms with Crippen LogP contribution < -0.4 is 5.73 Å². The van der Waals surface area contributed by atoms with Crippen molar-refractivity contribution in [2.75, 3.05) is 0 Å². The second kappa shape index (κ2) is 6.94. The van der Waals surface area contributed by atoms with Crippen LogP contribution in [0.1, 0.15) is 50.3 Å². The summed E-state index contributed by atoms with van der Waals surface area (Å²) in [4.78, 5) is 4.20. The van der Waals surface area contributed by atoms with Crippen LogP contribution in [0.25, 0.3) is 11.1 Å². The molecule has 3 aromatic rings. The Bertz CT molecular complexity index is 1020. The first-order valence-electron chi connectivity index (χ1n) is 9.98. The fourth-order valence-corrected chi connectivity index (χ4v) is 4.29. The maximum Gasteiger partial charge on any atom is 0.122 e. The van der Waals surface area contributed by atoms with Gasteiger partial charge in [0.2, 0.25) is 0 Å². The highest BCUT2D eigenvalue weighted by molar-refractivity contribution is 6.31. The average Bonchev–Trinajstić information content (AvgIpc) is 3.46. The number of halogens is 1. The van der Waals surface area contributed by atoms with Crippen LogP contribution in [-0.2, 0) is 11.1 Å². The number of nitrogens with two attached hydrogens (primary N) is 1. The monoisotopic (exact) mass is 406 g/mol. The van der Waals surface area contributed by atoms with Crippen molar-refractivity contribution in [3.8, 4) is 11.1 Å². The molecule has 1 fully saturated rings. The average molecular weight is 407 g/mol. The maximum absolute atomic E-state index is 11.8. The van der Waals surface area contributed by atoms with Gasteiger partial charge in [-0.05, 0) is 47.1 Å². The van der Waals surface area contributed by atoms with Crippen LogP contribution in [0.2, 0.25) is 5.02 Å². The van der Waals surface area contributed by atoms with Gasteiger partial charge in [0, 0.05) is 34.1 Å². The van der Waals surface area contributed by atoms with E-state index in [9.17, 15) is 5.11 Å². The van der Waals surface area contributed by atoms with Crippen molar-refractivity contribution >= 4 is 11.6 Å². The lowest BCUT2D eigenvalue weighted by atomic mass is 9.68. The van der Waals surface area contributed by atoms with Gasteiger partial charge < -0.3 is 10.8 Å². The number of nitrogens with zero attached hydrogens (tertiary/aromatic N) is 1. The minimum atomic E-state index is -1.27. The Morgan fingerprint density at radius 2 is 1.66 bits per heavy atom. The minimum Gasteiger partial charge on any atom is -0.380 e. The summed E-state index contributed by atoms with van der Waals surface area (Å²) in [6, 6.07) is 18.0. The first-order valence-corrected chi connectivity index (χ1v) is 10.4. The first-order chi connectivity index (χ1) is 13.6. The summed E-state index contributed by atoms with van der Waals surface area (Å²) in [5.41, 5.74) is 9.08. The predicted octanol–water partition coefficient (Wildman–Crippen LogP) is 5.63. The molecule has 1 aliphatic carbocycles. The SMILES string of the molecule is CC(C)(C)C(O)(c1cccnc1)c1ccc(-c2ccc(C3(N)CC3)cc2)cc1Cl. The summed E-state index contributed by atoms with van der Waals surface area (Å²) in [5, 5.41) is 12.4. The highest BCUT2D eigenvalue weighted by Crippen LogP contribution is 2.47. The number of pyridine rings is 1. The molecule has 29 heavy (non-hydrogen) atoms. The first kappa shape index (κ1) is 20.1. The van der Waals surface area contributed by atoms with Gasteiger partial charge in [0.15, 0.2) is 0 Å². The normalized spacial score (nSPS) is 17.6. The zero-order valence-electron chi connectivity index (χ0n) is 17.1. The van der Waals surface area contributed by atoms with Gasteiger partial charge >= 0.3 is 0 Å². The molecule has 0 aliphatic heterocycles. The Balaban J connectivity index is 1.74. The van der Waals surface area contributed by atoms with Crippen LogP contribution >= 0.6 is 11.6 Å². The molecule has 0 saturated heterocycles. The van der Waals surface area contributed by atoms with E-state index in [1.807, 2.05) is 51.1 Å². The van der Waals surface area contributed by atoms with Crippen LogP contribution in [0, 0.1) is 5.41 Å². The molecule has 150 valence electrons. The molecule has 3 nitrogen and oxygen atoms in total. The van der Waals surface area contributed by atoms with E-state index in [0.29, 0.717) is 10.6 Å². The Hall–Kier alpha value is -2.20. The van der Waals surface area contributed by atoms with Gasteiger partial charge in [-0.2, -0.15) is 0 Å². The van der Waals surface area contributed by atoms with Crippen molar-refractivity contribution in [1.29, 1.82) is 0 Å². The molecule has 1 aliphatic rings. The van der Waals surface area contributed by atoms with Crippen molar-refractivity contribution in [2.24, 2.45) is 11.1 Å². The zero-order valence-corrected chi connectivity index (χ0v) is 17.9. The van der Waals surface area contributed by atoms with E-state index in [-0.39, 0.29) is 5.54 Å². The Morgan fingerprint density at radius 3 is 2.17 bits per heavy atom. The molecule has 1 aromatic heterocycles. The third kappa shape index (κ3) is 3.48. The van der Waals surface area contributed by atoms with Gasteiger partial charge in [-0.15, -0.1) is 0 Å². The summed E-state index contributed by atoms with van der Waals surface area (Å²) in [5.74, 6) is 0. The fourth-order valence-electron chi connectivity index (χ4n) is 3.98. The second-order valence-corrected chi connectivity index (χ2v) is 9.54. The van der Waals surface area contributed by atoms with Crippen molar-refractivity contribution in [3.63, 3.8) is 0 Å². The van der Waals surface area contributed by atoms with Gasteiger partial charge in [0.25, 0.3) is 0 Å². The summed E-state index contributed by atoms with van der Waals surface area (Å²) >= 11 is 6.73. The van der Waals surface area contributed by atoms with Crippen molar-refractivity contribution in [3.05, 3.63) is 88.7 Å². The van der Waals surface area contributed by atoms with Gasteiger partial charge in [0.05, 0.1) is 0 Å². The lowest BCUT2D eigenvalue weighted by molar-refractivity contribution is -0.0261. The number of aromatic nitrogens is 1. The highest BCUT2D eigenvalue weighted by atomic mass is 35.5. The Labute approximate surface area is 177 Å². The molecular weight excluding hydrogens is 380 g/mol. The van der Waals surface area contributed by atoms with Crippen LogP contribution in [0.4, 0.5) is 0 Å². The molecule has 2 aromatic carbocycles. The molecule has 0 radical (unpaired) electrons. The Morgan fingerprint density at radius 1 is 1.00 bits per heavy atom. The van der Waals surface area contributed by atoms with Crippen molar-refractivity contribution < 1.29 is 5.11 Å². The zero-order chi connectivity index (χ0) is 20.9. The van der Waals surface area contributed by atoms with Crippen LogP contribution in [0.15, 0.2) is 67.0 Å². The molecule has 0 spiro atoms. The lowest BCUT2D eigenvalue weighted by Gasteiger charge is -2.41. The quantitative estimate of drug-likeness (QED) is 0.590. The molecule has 1 saturated carbocycles. The highest BCUT2D eigenvalue weighted by Gasteiger charge is 2.45. The molecule has 0 amide bonds. The van der Waals surface area contributed by atoms with Gasteiger partial charge in [0.1, 0.15) is 5.60 Å². The van der Waals surface area contributed by atoms with E-state index in [1.54, 1.807) is 12.4 Å². The summed E-state index contributed by atoms with van der Waals surface area (Å²) in [6.45, 7) is 6.01. The molecular formula is C25H27ClN2O. The minimum absolute atomic E-state index is 0.132. The standard InChI is InChI=1S/C25H27ClN2O/c1-23(2,3)25(29,20-5-4-14-28-16-20)21-11-8-18(15-22(21)26)17-6-9-19(10-7-17)24(27)12-13-24/h4-11,14-16,29H,12-13,27H2,1-3H3. The van der Waals surface area contributed by atoms with Gasteiger partial charge in [-0.25, -0.2) is 0 Å². The molecule has 1 heterocycles. The third-order valence-electron chi connectivity index (χ3n) is 6.11. The molecule has 0 bridgehead atoms.